The van der Waals surface area contributed by atoms with Gasteiger partial charge in [0.1, 0.15) is 18.0 Å². The highest BCUT2D eigenvalue weighted by Crippen LogP contribution is 2.28. The van der Waals surface area contributed by atoms with Crippen molar-refractivity contribution in [1.29, 1.82) is 0 Å². The van der Waals surface area contributed by atoms with Crippen LogP contribution in [0.5, 0.6) is 11.5 Å². The van der Waals surface area contributed by atoms with Crippen LogP contribution in [0.2, 0.25) is 0 Å². The standard InChI is InChI=1S/C24H27F3N2O9S/c1-35-21-6-3-2-5-17(21)15-36-11-4-12-37-20-9-7-18(8-10-20)29-19(13-28(23(31)32)14-22(29)30)16-38-39(33,34)24(25,26)27/h2-3,5-10,19H,4,11-16H2,1H3,(H,31,32)/t19-/m1/s1. The van der Waals surface area contributed by atoms with Crippen molar-refractivity contribution in [3.63, 3.8) is 0 Å². The predicted molar refractivity (Wildman–Crippen MR) is 131 cm³/mol. The van der Waals surface area contributed by atoms with Crippen molar-refractivity contribution in [2.75, 3.05) is 44.9 Å². The first-order valence-electron chi connectivity index (χ1n) is 11.6. The van der Waals surface area contributed by atoms with Crippen molar-refractivity contribution in [1.82, 2.24) is 4.90 Å². The maximum Gasteiger partial charge on any atom is 0.523 e. The Morgan fingerprint density at radius 2 is 1.79 bits per heavy atom. The summed E-state index contributed by atoms with van der Waals surface area (Å²) in [5.41, 5.74) is -4.55. The second kappa shape index (κ2) is 13.0. The third-order valence-electron chi connectivity index (χ3n) is 5.63. The van der Waals surface area contributed by atoms with Crippen molar-refractivity contribution in [3.05, 3.63) is 54.1 Å². The molecular weight excluding hydrogens is 549 g/mol. The van der Waals surface area contributed by atoms with E-state index in [0.717, 1.165) is 16.2 Å². The Kier molecular flexibility index (Phi) is 9.99. The van der Waals surface area contributed by atoms with Gasteiger partial charge in [-0.3, -0.25) is 13.9 Å². The van der Waals surface area contributed by atoms with Gasteiger partial charge >= 0.3 is 21.7 Å². The Morgan fingerprint density at radius 3 is 2.44 bits per heavy atom. The Labute approximate surface area is 222 Å². The summed E-state index contributed by atoms with van der Waals surface area (Å²) < 4.78 is 81.4. The maximum atomic E-state index is 12.7. The number of para-hydroxylation sites is 1. The molecule has 1 N–H and O–H groups in total. The van der Waals surface area contributed by atoms with Crippen LogP contribution in [0.25, 0.3) is 0 Å². The lowest BCUT2D eigenvalue weighted by atomic mass is 10.1. The number of carboxylic acid groups (broad SMARTS) is 1. The van der Waals surface area contributed by atoms with Crippen LogP contribution in [0.15, 0.2) is 48.5 Å². The summed E-state index contributed by atoms with van der Waals surface area (Å²) in [5.74, 6) is 0.405. The fraction of sp³-hybridized carbons (Fsp3) is 0.417. The van der Waals surface area contributed by atoms with Gasteiger partial charge in [-0.1, -0.05) is 18.2 Å². The molecule has 2 aromatic rings. The van der Waals surface area contributed by atoms with Crippen molar-refractivity contribution in [2.24, 2.45) is 0 Å². The molecule has 0 bridgehead atoms. The smallest absolute Gasteiger partial charge is 0.496 e. The molecule has 0 aromatic heterocycles. The lowest BCUT2D eigenvalue weighted by Gasteiger charge is -2.39. The first-order chi connectivity index (χ1) is 18.4. The minimum Gasteiger partial charge on any atom is -0.496 e. The molecule has 1 fully saturated rings. The van der Waals surface area contributed by atoms with Crippen LogP contribution in [0.1, 0.15) is 12.0 Å². The average molecular weight is 577 g/mol. The number of ether oxygens (including phenoxy) is 3. The monoisotopic (exact) mass is 576 g/mol. The number of methoxy groups -OCH3 is 1. The zero-order valence-corrected chi connectivity index (χ0v) is 21.6. The number of piperazine rings is 1. The maximum absolute atomic E-state index is 12.7. The summed E-state index contributed by atoms with van der Waals surface area (Å²) in [4.78, 5) is 25.7. The van der Waals surface area contributed by atoms with Gasteiger partial charge in [-0.25, -0.2) is 4.79 Å². The van der Waals surface area contributed by atoms with Gasteiger partial charge in [0, 0.05) is 24.2 Å². The minimum absolute atomic E-state index is 0.204. The van der Waals surface area contributed by atoms with Crippen molar-refractivity contribution >= 4 is 27.8 Å². The number of rotatable bonds is 12. The topological polar surface area (TPSA) is 132 Å². The van der Waals surface area contributed by atoms with E-state index in [-0.39, 0.29) is 5.69 Å². The molecule has 214 valence electrons. The molecule has 0 spiro atoms. The Balaban J connectivity index is 1.56. The molecule has 1 saturated heterocycles. The number of halogens is 3. The molecule has 1 atom stereocenters. The molecule has 2 aromatic carbocycles. The van der Waals surface area contributed by atoms with E-state index in [1.54, 1.807) is 7.11 Å². The zero-order chi connectivity index (χ0) is 28.6. The van der Waals surface area contributed by atoms with E-state index in [1.165, 1.54) is 24.3 Å². The second-order valence-electron chi connectivity index (χ2n) is 8.33. The molecule has 15 heteroatoms. The second-order valence-corrected chi connectivity index (χ2v) is 9.93. The normalized spacial score (nSPS) is 16.3. The summed E-state index contributed by atoms with van der Waals surface area (Å²) >= 11 is 0. The molecule has 1 aliphatic heterocycles. The molecule has 0 unspecified atom stereocenters. The lowest BCUT2D eigenvalue weighted by molar-refractivity contribution is -0.122. The molecule has 0 radical (unpaired) electrons. The van der Waals surface area contributed by atoms with Crippen LogP contribution in [-0.2, 0) is 30.4 Å². The average Bonchev–Trinajstić information content (AvgIpc) is 2.89. The Morgan fingerprint density at radius 1 is 1.10 bits per heavy atom. The fourth-order valence-corrected chi connectivity index (χ4v) is 4.23. The lowest BCUT2D eigenvalue weighted by Crippen LogP contribution is -2.59. The van der Waals surface area contributed by atoms with Gasteiger partial charge in [-0.2, -0.15) is 21.6 Å². The van der Waals surface area contributed by atoms with Gasteiger partial charge < -0.3 is 24.2 Å². The number of carbonyl (C=O) groups is 2. The van der Waals surface area contributed by atoms with Crippen LogP contribution in [0.4, 0.5) is 23.7 Å². The molecule has 0 aliphatic carbocycles. The van der Waals surface area contributed by atoms with Crippen LogP contribution in [0, 0.1) is 0 Å². The number of nitrogens with zero attached hydrogens (tertiary/aromatic N) is 2. The summed E-state index contributed by atoms with van der Waals surface area (Å²) in [6.07, 6.45) is -0.915. The predicted octanol–water partition coefficient (Wildman–Crippen LogP) is 3.24. The molecule has 11 nitrogen and oxygen atoms in total. The van der Waals surface area contributed by atoms with Crippen molar-refractivity contribution in [3.8, 4) is 11.5 Å². The number of benzene rings is 2. The van der Waals surface area contributed by atoms with E-state index in [0.29, 0.717) is 36.9 Å². The molecule has 2 amide bonds. The van der Waals surface area contributed by atoms with E-state index in [2.05, 4.69) is 4.18 Å². The summed E-state index contributed by atoms with van der Waals surface area (Å²) in [6, 6.07) is 12.1. The van der Waals surface area contributed by atoms with Gasteiger partial charge in [0.2, 0.25) is 5.91 Å². The quantitative estimate of drug-likeness (QED) is 0.230. The number of alkyl halides is 3. The Bertz CT molecular complexity index is 1240. The molecule has 0 saturated carbocycles. The molecular formula is C24H27F3N2O9S. The number of carbonyl (C=O) groups excluding carboxylic acids is 1. The zero-order valence-electron chi connectivity index (χ0n) is 20.8. The first kappa shape index (κ1) is 30.0. The minimum atomic E-state index is -5.94. The van der Waals surface area contributed by atoms with Gasteiger partial charge in [-0.05, 0) is 30.3 Å². The SMILES string of the molecule is COc1ccccc1COCCCOc1ccc(N2C(=O)CN(C(=O)O)C[C@@H]2COS(=O)(=O)C(F)(F)F)cc1. The number of hydrogen-bond donors (Lipinski definition) is 1. The fourth-order valence-electron chi connectivity index (χ4n) is 3.76. The molecule has 1 heterocycles. The van der Waals surface area contributed by atoms with Crippen molar-refractivity contribution < 1.29 is 54.7 Å². The number of hydrogen-bond acceptors (Lipinski definition) is 8. The number of anilines is 1. The highest BCUT2D eigenvalue weighted by Gasteiger charge is 2.48. The summed E-state index contributed by atoms with van der Waals surface area (Å²) in [5, 5.41) is 9.23. The molecule has 39 heavy (non-hydrogen) atoms. The van der Waals surface area contributed by atoms with Gasteiger partial charge in [-0.15, -0.1) is 0 Å². The highest BCUT2D eigenvalue weighted by molar-refractivity contribution is 7.87. The summed E-state index contributed by atoms with van der Waals surface area (Å²) in [6.45, 7) is -1.01. The Hall–Kier alpha value is -3.56. The van der Waals surface area contributed by atoms with E-state index in [4.69, 9.17) is 14.2 Å². The van der Waals surface area contributed by atoms with E-state index in [9.17, 15) is 36.3 Å². The van der Waals surface area contributed by atoms with Gasteiger partial charge in [0.15, 0.2) is 0 Å². The number of amides is 2. The van der Waals surface area contributed by atoms with Crippen LogP contribution >= 0.6 is 0 Å². The largest absolute Gasteiger partial charge is 0.523 e. The van der Waals surface area contributed by atoms with Crippen LogP contribution < -0.4 is 14.4 Å². The third kappa shape index (κ3) is 7.97. The molecule has 1 aliphatic rings. The summed E-state index contributed by atoms with van der Waals surface area (Å²) in [7, 11) is -4.36. The van der Waals surface area contributed by atoms with Crippen molar-refractivity contribution in [2.45, 2.75) is 24.6 Å². The van der Waals surface area contributed by atoms with E-state index < -0.39 is 53.4 Å². The van der Waals surface area contributed by atoms with E-state index in [1.807, 2.05) is 24.3 Å². The first-order valence-corrected chi connectivity index (χ1v) is 13.0. The highest BCUT2D eigenvalue weighted by atomic mass is 32.2. The van der Waals surface area contributed by atoms with Crippen LogP contribution in [-0.4, -0.2) is 82.0 Å². The van der Waals surface area contributed by atoms with E-state index >= 15 is 0 Å². The van der Waals surface area contributed by atoms with Gasteiger partial charge in [0.05, 0.1) is 39.6 Å². The molecule has 3 rings (SSSR count). The third-order valence-corrected chi connectivity index (χ3v) is 6.64. The van der Waals surface area contributed by atoms with Crippen LogP contribution in [0.3, 0.4) is 0 Å². The van der Waals surface area contributed by atoms with Gasteiger partial charge in [0.25, 0.3) is 0 Å².